The van der Waals surface area contributed by atoms with E-state index in [1.165, 1.54) is 14.0 Å². The van der Waals surface area contributed by atoms with Crippen molar-refractivity contribution < 1.29 is 28.9 Å². The van der Waals surface area contributed by atoms with Gasteiger partial charge in [0.2, 0.25) is 0 Å². The molecule has 1 aliphatic carbocycles. The molecule has 0 amide bonds. The van der Waals surface area contributed by atoms with E-state index in [2.05, 4.69) is 13.5 Å². The summed E-state index contributed by atoms with van der Waals surface area (Å²) in [5, 5.41) is 9.97. The van der Waals surface area contributed by atoms with Crippen LogP contribution in [0.4, 0.5) is 0 Å². The fourth-order valence-electron chi connectivity index (χ4n) is 3.97. The number of hydrogen-bond acceptors (Lipinski definition) is 6. The molecule has 1 N–H and O–H groups in total. The fourth-order valence-corrected chi connectivity index (χ4v) is 3.97. The molecule has 0 aromatic heterocycles. The van der Waals surface area contributed by atoms with Crippen LogP contribution in [0.3, 0.4) is 0 Å². The highest BCUT2D eigenvalue weighted by Gasteiger charge is 2.53. The summed E-state index contributed by atoms with van der Waals surface area (Å²) in [6.45, 7) is 11.0. The van der Waals surface area contributed by atoms with Crippen molar-refractivity contribution in [3.05, 3.63) is 36.0 Å². The lowest BCUT2D eigenvalue weighted by molar-refractivity contribution is -0.145. The molecule has 1 heterocycles. The number of aliphatic hydroxyl groups is 1. The number of rotatable bonds is 6. The van der Waals surface area contributed by atoms with Gasteiger partial charge >= 0.3 is 11.9 Å². The number of allylic oxidation sites excluding steroid dienone is 2. The Morgan fingerprint density at radius 3 is 2.66 bits per heavy atom. The lowest BCUT2D eigenvalue weighted by atomic mass is 9.77. The van der Waals surface area contributed by atoms with Gasteiger partial charge in [-0.1, -0.05) is 30.4 Å². The van der Waals surface area contributed by atoms with Gasteiger partial charge in [-0.2, -0.15) is 0 Å². The second-order valence-electron chi connectivity index (χ2n) is 8.80. The SMILES string of the molecule is C=C1CCC2OC2(C)CCC(C(=CC=CC(C)(C)O)COC(C)=O)C1C(=O)OC. The maximum atomic E-state index is 12.7. The second kappa shape index (κ2) is 9.26. The average Bonchev–Trinajstić information content (AvgIpc) is 3.27. The van der Waals surface area contributed by atoms with E-state index >= 15 is 0 Å². The van der Waals surface area contributed by atoms with E-state index in [1.807, 2.05) is 6.08 Å². The predicted molar refractivity (Wildman–Crippen MR) is 110 cm³/mol. The van der Waals surface area contributed by atoms with Gasteiger partial charge in [0.15, 0.2) is 0 Å². The molecular weight excluding hydrogens is 372 g/mol. The Morgan fingerprint density at radius 1 is 1.38 bits per heavy atom. The van der Waals surface area contributed by atoms with E-state index in [0.29, 0.717) is 12.8 Å². The first kappa shape index (κ1) is 23.4. The van der Waals surface area contributed by atoms with Gasteiger partial charge in [-0.15, -0.1) is 0 Å². The van der Waals surface area contributed by atoms with Crippen molar-refractivity contribution in [1.82, 2.24) is 0 Å². The third-order valence-electron chi connectivity index (χ3n) is 5.74. The standard InChI is InChI=1S/C23H34O6/c1-15-9-10-19-23(5,29-19)13-11-18(20(15)21(25)27-6)17(14-28-16(2)24)8-7-12-22(3,4)26/h7-8,12,18-20,26H,1,9-11,13-14H2,2-6H3. The number of carbonyl (C=O) groups excluding carboxylic acids is 2. The van der Waals surface area contributed by atoms with Crippen LogP contribution < -0.4 is 0 Å². The molecule has 0 aromatic carbocycles. The molecule has 0 bridgehead atoms. The normalized spacial score (nSPS) is 30.8. The first-order valence-electron chi connectivity index (χ1n) is 10.1. The molecule has 162 valence electrons. The molecule has 1 aliphatic heterocycles. The van der Waals surface area contributed by atoms with Crippen molar-refractivity contribution in [3.8, 4) is 0 Å². The molecule has 0 aromatic rings. The maximum Gasteiger partial charge on any atom is 0.313 e. The number of esters is 2. The van der Waals surface area contributed by atoms with Crippen molar-refractivity contribution in [3.63, 3.8) is 0 Å². The fraction of sp³-hybridized carbons (Fsp3) is 0.652. The Morgan fingerprint density at radius 2 is 2.07 bits per heavy atom. The molecule has 2 rings (SSSR count). The van der Waals surface area contributed by atoms with Gasteiger partial charge in [0.05, 0.1) is 30.3 Å². The minimum Gasteiger partial charge on any atom is -0.469 e. The summed E-state index contributed by atoms with van der Waals surface area (Å²) in [5.74, 6) is -1.47. The number of hydrogen-bond donors (Lipinski definition) is 1. The molecule has 4 unspecified atom stereocenters. The summed E-state index contributed by atoms with van der Waals surface area (Å²) in [5.41, 5.74) is 0.440. The predicted octanol–water partition coefficient (Wildman–Crippen LogP) is 3.50. The Hall–Kier alpha value is -1.92. The van der Waals surface area contributed by atoms with Crippen LogP contribution in [-0.4, -0.2) is 48.1 Å². The Kier molecular flexibility index (Phi) is 7.46. The molecule has 1 saturated heterocycles. The summed E-state index contributed by atoms with van der Waals surface area (Å²) in [6.07, 6.45) is 8.37. The van der Waals surface area contributed by atoms with Crippen LogP contribution in [0, 0.1) is 11.8 Å². The van der Waals surface area contributed by atoms with Crippen LogP contribution in [0.25, 0.3) is 0 Å². The third kappa shape index (κ3) is 6.54. The van der Waals surface area contributed by atoms with Crippen LogP contribution in [0.1, 0.15) is 53.4 Å². The van der Waals surface area contributed by atoms with Crippen LogP contribution in [0.15, 0.2) is 36.0 Å². The zero-order chi connectivity index (χ0) is 21.8. The zero-order valence-electron chi connectivity index (χ0n) is 18.2. The molecule has 4 atom stereocenters. The average molecular weight is 407 g/mol. The molecule has 1 saturated carbocycles. The Bertz CT molecular complexity index is 699. The van der Waals surface area contributed by atoms with E-state index in [0.717, 1.165) is 24.0 Å². The summed E-state index contributed by atoms with van der Waals surface area (Å²) in [4.78, 5) is 24.2. The first-order chi connectivity index (χ1) is 13.5. The monoisotopic (exact) mass is 406 g/mol. The van der Waals surface area contributed by atoms with Gasteiger partial charge in [0.25, 0.3) is 0 Å². The summed E-state index contributed by atoms with van der Waals surface area (Å²) in [6, 6.07) is 0. The van der Waals surface area contributed by atoms with Gasteiger partial charge in [0, 0.05) is 12.8 Å². The molecule has 6 nitrogen and oxygen atoms in total. The van der Waals surface area contributed by atoms with E-state index < -0.39 is 17.5 Å². The molecule has 6 heteroatoms. The smallest absolute Gasteiger partial charge is 0.313 e. The van der Waals surface area contributed by atoms with Crippen molar-refractivity contribution in [2.45, 2.75) is 70.7 Å². The van der Waals surface area contributed by atoms with Crippen molar-refractivity contribution in [2.75, 3.05) is 13.7 Å². The molecule has 29 heavy (non-hydrogen) atoms. The van der Waals surface area contributed by atoms with Crippen molar-refractivity contribution in [1.29, 1.82) is 0 Å². The van der Waals surface area contributed by atoms with Crippen LogP contribution in [0.2, 0.25) is 0 Å². The Balaban J connectivity index is 2.41. The lowest BCUT2D eigenvalue weighted by Gasteiger charge is -2.29. The van der Waals surface area contributed by atoms with Crippen LogP contribution in [-0.2, 0) is 23.8 Å². The van der Waals surface area contributed by atoms with Crippen LogP contribution >= 0.6 is 0 Å². The van der Waals surface area contributed by atoms with Gasteiger partial charge < -0.3 is 19.3 Å². The number of ether oxygens (including phenoxy) is 3. The molecule has 2 fully saturated rings. The van der Waals surface area contributed by atoms with Gasteiger partial charge in [-0.05, 0) is 52.0 Å². The lowest BCUT2D eigenvalue weighted by Crippen LogP contribution is -2.30. The topological polar surface area (TPSA) is 85.4 Å². The highest BCUT2D eigenvalue weighted by Crippen LogP contribution is 2.48. The van der Waals surface area contributed by atoms with Gasteiger partial charge in [-0.3, -0.25) is 9.59 Å². The molecule has 2 aliphatic rings. The van der Waals surface area contributed by atoms with E-state index in [1.54, 1.807) is 26.0 Å². The van der Waals surface area contributed by atoms with Gasteiger partial charge in [-0.25, -0.2) is 0 Å². The summed E-state index contributed by atoms with van der Waals surface area (Å²) in [7, 11) is 1.38. The second-order valence-corrected chi connectivity index (χ2v) is 8.80. The minimum absolute atomic E-state index is 0.0674. The number of methoxy groups -OCH3 is 1. The van der Waals surface area contributed by atoms with Gasteiger partial charge in [0.1, 0.15) is 6.61 Å². The maximum absolute atomic E-state index is 12.7. The van der Waals surface area contributed by atoms with Crippen molar-refractivity contribution >= 4 is 11.9 Å². The quantitative estimate of drug-likeness (QED) is 0.315. The largest absolute Gasteiger partial charge is 0.469 e. The van der Waals surface area contributed by atoms with Crippen molar-refractivity contribution in [2.24, 2.45) is 11.8 Å². The molecule has 0 radical (unpaired) electrons. The highest BCUT2D eigenvalue weighted by molar-refractivity contribution is 5.76. The summed E-state index contributed by atoms with van der Waals surface area (Å²) < 4.78 is 16.3. The van der Waals surface area contributed by atoms with Crippen LogP contribution in [0.5, 0.6) is 0 Å². The van der Waals surface area contributed by atoms with E-state index in [9.17, 15) is 14.7 Å². The zero-order valence-corrected chi connectivity index (χ0v) is 18.2. The van der Waals surface area contributed by atoms with E-state index in [-0.39, 0.29) is 30.2 Å². The minimum atomic E-state index is -0.977. The van der Waals surface area contributed by atoms with E-state index in [4.69, 9.17) is 14.2 Å². The third-order valence-corrected chi connectivity index (χ3v) is 5.74. The summed E-state index contributed by atoms with van der Waals surface area (Å²) >= 11 is 0. The highest BCUT2D eigenvalue weighted by atomic mass is 16.6. The number of epoxide rings is 1. The Labute approximate surface area is 173 Å². The number of carbonyl (C=O) groups is 2. The number of fused-ring (bicyclic) bond motifs is 1. The first-order valence-corrected chi connectivity index (χ1v) is 10.1. The molecular formula is C23H34O6. The molecule has 0 spiro atoms.